The van der Waals surface area contributed by atoms with Gasteiger partial charge >= 0.3 is 17.2 Å². The third-order valence-corrected chi connectivity index (χ3v) is 8.69. The predicted octanol–water partition coefficient (Wildman–Crippen LogP) is 6.38. The Kier molecular flexibility index (Phi) is 14.7. The van der Waals surface area contributed by atoms with E-state index >= 15 is 0 Å². The van der Waals surface area contributed by atoms with Crippen LogP contribution in [0, 0.1) is 12.3 Å². The summed E-state index contributed by atoms with van der Waals surface area (Å²) < 4.78 is 15.2. The van der Waals surface area contributed by atoms with Crippen molar-refractivity contribution < 1.29 is 48.7 Å². The maximum Gasteiger partial charge on any atom is 0.327 e. The van der Waals surface area contributed by atoms with E-state index in [0.717, 1.165) is 17.1 Å². The summed E-state index contributed by atoms with van der Waals surface area (Å²) in [6.45, 7) is 6.85. The molecule has 0 aromatic heterocycles. The lowest BCUT2D eigenvalue weighted by Crippen LogP contribution is -2.38. The van der Waals surface area contributed by atoms with Gasteiger partial charge in [-0.3, -0.25) is 0 Å². The van der Waals surface area contributed by atoms with Crippen LogP contribution < -0.4 is 4.74 Å². The standard InChI is InChI=1S/C30H30O2.C5H14O8P2/c1-21-10-19-29(28(20-21)22(2)23-8-6-5-7-9-23)32-27-17-13-25(14-18-27)30(3,4)24-11-15-26(31)16-12-24;6-1-5(2-7,3-12-14(8)9)4-13-15(10)11/h5-20,22,31H,1-4H3;6-11H,1-4H2. The summed E-state index contributed by atoms with van der Waals surface area (Å²) in [5.74, 6) is 2.23. The molecule has 0 heterocycles. The van der Waals surface area contributed by atoms with E-state index in [1.807, 2.05) is 30.3 Å². The molecule has 1 unspecified atom stereocenters. The van der Waals surface area contributed by atoms with E-state index in [1.165, 1.54) is 22.3 Å². The maximum absolute atomic E-state index is 9.60. The van der Waals surface area contributed by atoms with Crippen LogP contribution in [0.5, 0.6) is 17.2 Å². The number of phenols is 1. The van der Waals surface area contributed by atoms with Crippen LogP contribution in [0.2, 0.25) is 0 Å². The van der Waals surface area contributed by atoms with Gasteiger partial charge in [-0.2, -0.15) is 0 Å². The summed E-state index contributed by atoms with van der Waals surface area (Å²) in [4.78, 5) is 33.9. The van der Waals surface area contributed by atoms with Gasteiger partial charge in [-0.15, -0.1) is 0 Å². The molecule has 7 N–H and O–H groups in total. The number of aliphatic hydroxyl groups is 2. The highest BCUT2D eigenvalue weighted by Gasteiger charge is 2.32. The second-order valence-electron chi connectivity index (χ2n) is 11.8. The zero-order valence-electron chi connectivity index (χ0n) is 26.9. The van der Waals surface area contributed by atoms with Crippen LogP contribution in [0.1, 0.15) is 54.5 Å². The summed E-state index contributed by atoms with van der Waals surface area (Å²) in [6, 6.07) is 32.7. The number of aromatic hydroxyl groups is 1. The Morgan fingerprint density at radius 1 is 0.702 bits per heavy atom. The van der Waals surface area contributed by atoms with Gasteiger partial charge < -0.3 is 48.7 Å². The van der Waals surface area contributed by atoms with Gasteiger partial charge in [-0.25, -0.2) is 0 Å². The van der Waals surface area contributed by atoms with Crippen molar-refractivity contribution in [1.82, 2.24) is 0 Å². The van der Waals surface area contributed by atoms with E-state index in [-0.39, 0.29) is 30.3 Å². The topological polar surface area (TPSA) is 169 Å². The Morgan fingerprint density at radius 2 is 1.21 bits per heavy atom. The maximum atomic E-state index is 9.60. The smallest absolute Gasteiger partial charge is 0.327 e. The third-order valence-electron chi connectivity index (χ3n) is 7.97. The Balaban J connectivity index is 0.000000339. The lowest BCUT2D eigenvalue weighted by molar-refractivity contribution is -0.0232. The first kappa shape index (κ1) is 38.5. The molecule has 0 saturated carbocycles. The minimum atomic E-state index is -2.60. The molecule has 47 heavy (non-hydrogen) atoms. The largest absolute Gasteiger partial charge is 0.508 e. The lowest BCUT2D eigenvalue weighted by Gasteiger charge is -2.28. The Bertz CT molecular complexity index is 1480. The van der Waals surface area contributed by atoms with Crippen molar-refractivity contribution in [2.75, 3.05) is 26.4 Å². The second-order valence-corrected chi connectivity index (χ2v) is 13.4. The van der Waals surface area contributed by atoms with Crippen molar-refractivity contribution >= 4 is 17.2 Å². The number of benzene rings is 4. The predicted molar refractivity (Wildman–Crippen MR) is 183 cm³/mol. The van der Waals surface area contributed by atoms with Crippen molar-refractivity contribution in [2.45, 2.75) is 39.0 Å². The van der Waals surface area contributed by atoms with E-state index in [1.54, 1.807) is 12.1 Å². The molecule has 4 rings (SSSR count). The number of ether oxygens (including phenoxy) is 1. The molecule has 4 aromatic rings. The molecule has 10 nitrogen and oxygen atoms in total. The molecule has 0 aliphatic rings. The first-order valence-electron chi connectivity index (χ1n) is 14.9. The summed E-state index contributed by atoms with van der Waals surface area (Å²) in [7, 11) is -5.20. The van der Waals surface area contributed by atoms with Crippen LogP contribution in [0.25, 0.3) is 0 Å². The minimum absolute atomic E-state index is 0.178. The number of hydrogen-bond acceptors (Lipinski definition) is 10. The normalized spacial score (nSPS) is 12.5. The summed E-state index contributed by atoms with van der Waals surface area (Å²) in [6.07, 6.45) is 0. The van der Waals surface area contributed by atoms with Crippen LogP contribution in [0.15, 0.2) is 97.1 Å². The quantitative estimate of drug-likeness (QED) is 0.0739. The number of hydrogen-bond donors (Lipinski definition) is 7. The van der Waals surface area contributed by atoms with Gasteiger partial charge in [0, 0.05) is 16.9 Å². The summed E-state index contributed by atoms with van der Waals surface area (Å²) >= 11 is 0. The van der Waals surface area contributed by atoms with Crippen molar-refractivity contribution in [3.8, 4) is 17.2 Å². The van der Waals surface area contributed by atoms with Crippen molar-refractivity contribution in [1.29, 1.82) is 0 Å². The highest BCUT2D eigenvalue weighted by Crippen LogP contribution is 2.37. The molecule has 0 spiro atoms. The molecule has 0 fully saturated rings. The molecule has 254 valence electrons. The summed E-state index contributed by atoms with van der Waals surface area (Å²) in [5.41, 5.74) is 4.56. The van der Waals surface area contributed by atoms with Crippen molar-refractivity contribution in [2.24, 2.45) is 5.41 Å². The fourth-order valence-electron chi connectivity index (χ4n) is 4.80. The average molecular weight is 687 g/mol. The molecule has 12 heteroatoms. The number of phenolic OH excluding ortho intramolecular Hbond substituents is 1. The van der Waals surface area contributed by atoms with Gasteiger partial charge in [0.25, 0.3) is 0 Å². The van der Waals surface area contributed by atoms with Gasteiger partial charge in [0.05, 0.1) is 31.8 Å². The van der Waals surface area contributed by atoms with Crippen molar-refractivity contribution in [3.05, 3.63) is 125 Å². The second kappa shape index (κ2) is 18.0. The van der Waals surface area contributed by atoms with Gasteiger partial charge in [0.2, 0.25) is 0 Å². The zero-order chi connectivity index (χ0) is 34.6. The molecule has 0 amide bonds. The molecule has 0 radical (unpaired) electrons. The highest BCUT2D eigenvalue weighted by atomic mass is 31.2. The molecule has 0 aliphatic heterocycles. The monoisotopic (exact) mass is 686 g/mol. The highest BCUT2D eigenvalue weighted by molar-refractivity contribution is 7.39. The number of aliphatic hydroxyl groups excluding tert-OH is 2. The molecule has 0 saturated heterocycles. The van der Waals surface area contributed by atoms with Gasteiger partial charge in [0.1, 0.15) is 17.2 Å². The van der Waals surface area contributed by atoms with E-state index in [0.29, 0.717) is 0 Å². The van der Waals surface area contributed by atoms with Gasteiger partial charge in [0.15, 0.2) is 0 Å². The molecule has 4 aromatic carbocycles. The lowest BCUT2D eigenvalue weighted by atomic mass is 9.78. The molecule has 0 bridgehead atoms. The fourth-order valence-corrected chi connectivity index (χ4v) is 5.57. The SMILES string of the molecule is Cc1ccc(Oc2ccc(C(C)(C)c3ccc(O)cc3)cc2)c(C(C)c2ccccc2)c1.OCC(CO)(COP(O)O)COP(O)O. The number of rotatable bonds is 14. The van der Waals surface area contributed by atoms with Crippen LogP contribution in [-0.2, 0) is 14.5 Å². The molecular weight excluding hydrogens is 642 g/mol. The Labute approximate surface area is 278 Å². The van der Waals surface area contributed by atoms with Crippen LogP contribution >= 0.6 is 17.2 Å². The zero-order valence-corrected chi connectivity index (χ0v) is 28.7. The molecule has 1 atom stereocenters. The first-order chi connectivity index (χ1) is 22.3. The van der Waals surface area contributed by atoms with E-state index in [4.69, 9.17) is 34.5 Å². The van der Waals surface area contributed by atoms with Crippen LogP contribution in [0.3, 0.4) is 0 Å². The molecule has 0 aliphatic carbocycles. The molecular formula is C35H44O10P2. The van der Waals surface area contributed by atoms with Crippen LogP contribution in [-0.4, -0.2) is 61.3 Å². The van der Waals surface area contributed by atoms with E-state index in [2.05, 4.69) is 91.3 Å². The van der Waals surface area contributed by atoms with Gasteiger partial charge in [-0.05, 0) is 53.9 Å². The van der Waals surface area contributed by atoms with E-state index < -0.39 is 35.8 Å². The van der Waals surface area contributed by atoms with E-state index in [9.17, 15) is 5.11 Å². The average Bonchev–Trinajstić information content (AvgIpc) is 3.06. The summed E-state index contributed by atoms with van der Waals surface area (Å²) in [5, 5.41) is 27.5. The Morgan fingerprint density at radius 3 is 1.70 bits per heavy atom. The third kappa shape index (κ3) is 11.3. The van der Waals surface area contributed by atoms with Crippen LogP contribution in [0.4, 0.5) is 0 Å². The minimum Gasteiger partial charge on any atom is -0.508 e. The van der Waals surface area contributed by atoms with Crippen molar-refractivity contribution in [3.63, 3.8) is 0 Å². The van der Waals surface area contributed by atoms with Gasteiger partial charge in [-0.1, -0.05) is 93.1 Å². The fraction of sp³-hybridized carbons (Fsp3) is 0.314. The number of aryl methyl sites for hydroxylation is 1. The first-order valence-corrected chi connectivity index (χ1v) is 17.2. The Hall–Kier alpha value is -2.98.